The Hall–Kier alpha value is 0.310. The monoisotopic (exact) mass is 105 g/mol. The standard InChI is InChI=1S/C4H9OS/c1-4(2,5)3-6/h6H,3H2,1-2H3. The highest BCUT2D eigenvalue weighted by atomic mass is 32.1. The molecule has 0 bridgehead atoms. The number of thiol groups is 1. The van der Waals surface area contributed by atoms with E-state index in [1.54, 1.807) is 13.8 Å². The van der Waals surface area contributed by atoms with Crippen LogP contribution in [0.25, 0.3) is 0 Å². The highest BCUT2D eigenvalue weighted by Crippen LogP contribution is 2.01. The van der Waals surface area contributed by atoms with Crippen molar-refractivity contribution in [3.63, 3.8) is 0 Å². The maximum atomic E-state index is 10.4. The number of hydrogen-bond acceptors (Lipinski definition) is 1. The molecular weight excluding hydrogens is 96.1 g/mol. The van der Waals surface area contributed by atoms with Crippen LogP contribution < -0.4 is 0 Å². The van der Waals surface area contributed by atoms with Crippen molar-refractivity contribution in [2.45, 2.75) is 19.4 Å². The van der Waals surface area contributed by atoms with Crippen LogP contribution in [0.3, 0.4) is 0 Å². The summed E-state index contributed by atoms with van der Waals surface area (Å²) in [6.45, 7) is 3.22. The first kappa shape index (κ1) is 6.31. The molecule has 1 radical (unpaired) electrons. The van der Waals surface area contributed by atoms with Crippen LogP contribution in [0.2, 0.25) is 0 Å². The molecule has 0 aromatic carbocycles. The fourth-order valence-electron chi connectivity index (χ4n) is 0. The Morgan fingerprint density at radius 3 is 1.83 bits per heavy atom. The minimum absolute atomic E-state index is 0.410. The van der Waals surface area contributed by atoms with Gasteiger partial charge in [0.25, 0.3) is 0 Å². The Kier molecular flexibility index (Phi) is 1.94. The molecule has 0 aromatic rings. The molecule has 0 atom stereocenters. The van der Waals surface area contributed by atoms with E-state index >= 15 is 0 Å². The van der Waals surface area contributed by atoms with Gasteiger partial charge in [0.05, 0.1) is 0 Å². The van der Waals surface area contributed by atoms with Gasteiger partial charge in [-0.3, -0.25) is 0 Å². The van der Waals surface area contributed by atoms with Crippen molar-refractivity contribution in [1.82, 2.24) is 0 Å². The van der Waals surface area contributed by atoms with E-state index in [-0.39, 0.29) is 0 Å². The summed E-state index contributed by atoms with van der Waals surface area (Å²) in [5.74, 6) is 0.410. The summed E-state index contributed by atoms with van der Waals surface area (Å²) >= 11 is 3.79. The van der Waals surface area contributed by atoms with E-state index in [1.807, 2.05) is 0 Å². The lowest BCUT2D eigenvalue weighted by Gasteiger charge is -2.06. The first-order valence-electron chi connectivity index (χ1n) is 1.87. The van der Waals surface area contributed by atoms with Gasteiger partial charge in [0.1, 0.15) is 5.60 Å². The molecule has 2 heteroatoms. The summed E-state index contributed by atoms with van der Waals surface area (Å²) in [7, 11) is 0. The third-order valence-corrected chi connectivity index (χ3v) is 1.14. The highest BCUT2D eigenvalue weighted by Gasteiger charge is 2.09. The van der Waals surface area contributed by atoms with Crippen molar-refractivity contribution in [1.29, 1.82) is 0 Å². The minimum Gasteiger partial charge on any atom is -0.229 e. The molecule has 37 valence electrons. The van der Waals surface area contributed by atoms with E-state index in [0.29, 0.717) is 5.75 Å². The molecular formula is C4H9OS. The molecule has 0 amide bonds. The van der Waals surface area contributed by atoms with Gasteiger partial charge < -0.3 is 0 Å². The number of rotatable bonds is 1. The van der Waals surface area contributed by atoms with Crippen LogP contribution in [-0.2, 0) is 5.11 Å². The second kappa shape index (κ2) is 1.85. The summed E-state index contributed by atoms with van der Waals surface area (Å²) in [6.07, 6.45) is 0. The third-order valence-electron chi connectivity index (χ3n) is 0.381. The Morgan fingerprint density at radius 2 is 1.83 bits per heavy atom. The van der Waals surface area contributed by atoms with Gasteiger partial charge in [-0.05, 0) is 13.8 Å². The molecule has 0 aromatic heterocycles. The van der Waals surface area contributed by atoms with Gasteiger partial charge in [-0.2, -0.15) is 12.6 Å². The van der Waals surface area contributed by atoms with Crippen molar-refractivity contribution in [3.8, 4) is 0 Å². The predicted molar refractivity (Wildman–Crippen MR) is 28.6 cm³/mol. The molecule has 0 spiro atoms. The summed E-state index contributed by atoms with van der Waals surface area (Å²) in [6, 6.07) is 0. The van der Waals surface area contributed by atoms with E-state index < -0.39 is 5.60 Å². The lowest BCUT2D eigenvalue weighted by molar-refractivity contribution is 0.0267. The molecule has 0 saturated heterocycles. The molecule has 1 nitrogen and oxygen atoms in total. The van der Waals surface area contributed by atoms with Crippen molar-refractivity contribution in [3.05, 3.63) is 0 Å². The Morgan fingerprint density at radius 1 is 1.67 bits per heavy atom. The van der Waals surface area contributed by atoms with Crippen LogP contribution in [0.5, 0.6) is 0 Å². The maximum Gasteiger partial charge on any atom is 0.107 e. The lowest BCUT2D eigenvalue weighted by atomic mass is 10.2. The second-order valence-electron chi connectivity index (χ2n) is 1.92. The van der Waals surface area contributed by atoms with Gasteiger partial charge in [0.2, 0.25) is 0 Å². The summed E-state index contributed by atoms with van der Waals surface area (Å²) in [5, 5.41) is 10.4. The Balaban J connectivity index is 3.17. The molecule has 0 N–H and O–H groups in total. The molecule has 0 saturated carbocycles. The van der Waals surface area contributed by atoms with Crippen LogP contribution in [0.4, 0.5) is 0 Å². The van der Waals surface area contributed by atoms with E-state index in [2.05, 4.69) is 12.6 Å². The Labute approximate surface area is 43.8 Å². The van der Waals surface area contributed by atoms with E-state index in [4.69, 9.17) is 0 Å². The van der Waals surface area contributed by atoms with Crippen LogP contribution in [0.1, 0.15) is 13.8 Å². The topological polar surface area (TPSA) is 19.9 Å². The minimum atomic E-state index is -0.844. The van der Waals surface area contributed by atoms with Crippen molar-refractivity contribution < 1.29 is 5.11 Å². The van der Waals surface area contributed by atoms with E-state index in [9.17, 15) is 5.11 Å². The predicted octanol–water partition coefficient (Wildman–Crippen LogP) is 1.13. The van der Waals surface area contributed by atoms with Gasteiger partial charge >= 0.3 is 0 Å². The lowest BCUT2D eigenvalue weighted by Crippen LogP contribution is -2.17. The second-order valence-corrected chi connectivity index (χ2v) is 2.23. The third kappa shape index (κ3) is 4.31. The zero-order valence-corrected chi connectivity index (χ0v) is 4.96. The van der Waals surface area contributed by atoms with Gasteiger partial charge in [0.15, 0.2) is 0 Å². The van der Waals surface area contributed by atoms with Crippen LogP contribution >= 0.6 is 12.6 Å². The highest BCUT2D eigenvalue weighted by molar-refractivity contribution is 7.80. The quantitative estimate of drug-likeness (QED) is 0.482. The zero-order valence-electron chi connectivity index (χ0n) is 4.06. The molecule has 0 aliphatic rings. The first-order valence-corrected chi connectivity index (χ1v) is 2.51. The van der Waals surface area contributed by atoms with Crippen molar-refractivity contribution in [2.75, 3.05) is 5.75 Å². The SMILES string of the molecule is CC(C)([O])CS. The normalized spacial score (nSPS) is 12.0. The largest absolute Gasteiger partial charge is 0.229 e. The first-order chi connectivity index (χ1) is 2.56. The van der Waals surface area contributed by atoms with E-state index in [1.165, 1.54) is 0 Å². The maximum absolute atomic E-state index is 10.4. The molecule has 0 aliphatic carbocycles. The molecule has 0 unspecified atom stereocenters. The van der Waals surface area contributed by atoms with Gasteiger partial charge in [-0.25, -0.2) is 5.11 Å². The van der Waals surface area contributed by atoms with Crippen molar-refractivity contribution in [2.24, 2.45) is 0 Å². The fraction of sp³-hybridized carbons (Fsp3) is 1.00. The molecule has 0 rings (SSSR count). The average molecular weight is 105 g/mol. The van der Waals surface area contributed by atoms with Crippen LogP contribution in [0, 0.1) is 0 Å². The van der Waals surface area contributed by atoms with Crippen LogP contribution in [0.15, 0.2) is 0 Å². The average Bonchev–Trinajstić information content (AvgIpc) is 1.35. The van der Waals surface area contributed by atoms with Crippen LogP contribution in [-0.4, -0.2) is 11.4 Å². The van der Waals surface area contributed by atoms with Crippen molar-refractivity contribution >= 4 is 12.6 Å². The number of hydrogen-bond donors (Lipinski definition) is 1. The zero-order chi connectivity index (χ0) is 5.21. The Bertz CT molecular complexity index is 37.3. The fourth-order valence-corrected chi connectivity index (χ4v) is 0. The van der Waals surface area contributed by atoms with Gasteiger partial charge in [-0.1, -0.05) is 0 Å². The smallest absolute Gasteiger partial charge is 0.107 e. The molecule has 6 heavy (non-hydrogen) atoms. The molecule has 0 fully saturated rings. The summed E-state index contributed by atoms with van der Waals surface area (Å²) in [5.41, 5.74) is -0.844. The summed E-state index contributed by atoms with van der Waals surface area (Å²) in [4.78, 5) is 0. The van der Waals surface area contributed by atoms with E-state index in [0.717, 1.165) is 0 Å². The molecule has 0 heterocycles. The summed E-state index contributed by atoms with van der Waals surface area (Å²) < 4.78 is 0. The van der Waals surface area contributed by atoms with Gasteiger partial charge in [0, 0.05) is 5.75 Å². The van der Waals surface area contributed by atoms with Gasteiger partial charge in [-0.15, -0.1) is 0 Å². The molecule has 0 aliphatic heterocycles.